The van der Waals surface area contributed by atoms with Gasteiger partial charge in [0.2, 0.25) is 0 Å². The first-order valence-corrected chi connectivity index (χ1v) is 9.20. The number of carbonyl (C=O) groups is 2. The molecule has 6 nitrogen and oxygen atoms in total. The molecule has 1 fully saturated rings. The summed E-state index contributed by atoms with van der Waals surface area (Å²) in [7, 11) is 0. The van der Waals surface area contributed by atoms with Gasteiger partial charge >= 0.3 is 0 Å². The van der Waals surface area contributed by atoms with Crippen molar-refractivity contribution in [3.63, 3.8) is 0 Å². The Bertz CT molecular complexity index is 936. The highest BCUT2D eigenvalue weighted by molar-refractivity contribution is 6.25. The van der Waals surface area contributed by atoms with E-state index in [1.165, 1.54) is 4.90 Å². The minimum atomic E-state index is -0.756. The molecular weight excluding hydrogens is 340 g/mol. The van der Waals surface area contributed by atoms with E-state index in [0.29, 0.717) is 12.2 Å². The second-order valence-electron chi connectivity index (χ2n) is 7.15. The van der Waals surface area contributed by atoms with Gasteiger partial charge in [-0.3, -0.25) is 14.6 Å². The number of hydrogen-bond donors (Lipinski definition) is 0. The number of nitrogens with zero attached hydrogens (tertiary/aromatic N) is 4. The Balaban J connectivity index is 1.60. The van der Waals surface area contributed by atoms with Crippen LogP contribution >= 0.6 is 0 Å². The van der Waals surface area contributed by atoms with Crippen LogP contribution in [0.25, 0.3) is 0 Å². The highest BCUT2D eigenvalue weighted by atomic mass is 16.2. The quantitative estimate of drug-likeness (QED) is 0.784. The highest BCUT2D eigenvalue weighted by Crippen LogP contribution is 2.33. The molecule has 0 aromatic heterocycles. The van der Waals surface area contributed by atoms with Gasteiger partial charge < -0.3 is 0 Å². The van der Waals surface area contributed by atoms with Crippen LogP contribution in [-0.4, -0.2) is 28.9 Å². The van der Waals surface area contributed by atoms with Crippen molar-refractivity contribution >= 4 is 17.5 Å². The molecule has 1 saturated heterocycles. The van der Waals surface area contributed by atoms with Crippen molar-refractivity contribution in [1.29, 1.82) is 0 Å². The Kier molecular flexibility index (Phi) is 4.26. The molecule has 2 unspecified atom stereocenters. The van der Waals surface area contributed by atoms with Gasteiger partial charge in [0, 0.05) is 0 Å². The van der Waals surface area contributed by atoms with Gasteiger partial charge in [-0.15, -0.1) is 0 Å². The molecule has 0 aliphatic carbocycles. The molecule has 0 radical (unpaired) electrons. The van der Waals surface area contributed by atoms with Crippen LogP contribution in [-0.2, 0) is 22.6 Å². The number of fused-ring (bicyclic) bond motifs is 1. The minimum Gasteiger partial charge on any atom is -0.271 e. The second-order valence-corrected chi connectivity index (χ2v) is 7.15. The number of rotatable bonds is 4. The van der Waals surface area contributed by atoms with E-state index in [9.17, 15) is 9.59 Å². The molecule has 2 amide bonds. The van der Waals surface area contributed by atoms with E-state index in [-0.39, 0.29) is 11.8 Å². The first-order valence-electron chi connectivity index (χ1n) is 9.20. The molecule has 138 valence electrons. The maximum absolute atomic E-state index is 13.0. The van der Waals surface area contributed by atoms with Crippen LogP contribution in [0.5, 0.6) is 0 Å². The third kappa shape index (κ3) is 2.91. The van der Waals surface area contributed by atoms with E-state index >= 15 is 0 Å². The van der Waals surface area contributed by atoms with Crippen molar-refractivity contribution in [2.75, 3.05) is 4.90 Å². The lowest BCUT2D eigenvalue weighted by molar-refractivity contribution is -0.123. The minimum absolute atomic E-state index is 0.260. The zero-order valence-corrected chi connectivity index (χ0v) is 15.7. The molecule has 27 heavy (non-hydrogen) atoms. The smallest absolute Gasteiger partial charge is 0.263 e. The zero-order valence-electron chi connectivity index (χ0n) is 15.7. The van der Waals surface area contributed by atoms with Crippen LogP contribution in [0.3, 0.4) is 0 Å². The normalized spacial score (nSPS) is 21.3. The average Bonchev–Trinajstić information content (AvgIpc) is 3.18. The predicted molar refractivity (Wildman–Crippen MR) is 102 cm³/mol. The zero-order chi connectivity index (χ0) is 19.1. The van der Waals surface area contributed by atoms with E-state index in [1.807, 2.05) is 38.1 Å². The van der Waals surface area contributed by atoms with Gasteiger partial charge in [0.05, 0.1) is 12.2 Å². The van der Waals surface area contributed by atoms with Gasteiger partial charge in [-0.2, -0.15) is 5.11 Å². The lowest BCUT2D eigenvalue weighted by Gasteiger charge is -2.21. The van der Waals surface area contributed by atoms with Gasteiger partial charge in [0.25, 0.3) is 11.8 Å². The maximum atomic E-state index is 13.0. The molecule has 2 aliphatic heterocycles. The number of benzene rings is 2. The summed E-state index contributed by atoms with van der Waals surface area (Å²) in [6, 6.07) is 12.3. The summed E-state index contributed by atoms with van der Waals surface area (Å²) in [6.45, 7) is 6.59. The number of aryl methyl sites for hydroxylation is 3. The fraction of sp³-hybridized carbons (Fsp3) is 0.333. The summed E-state index contributed by atoms with van der Waals surface area (Å²) in [5.74, 6) is -0.564. The Hall–Kier alpha value is -3.02. The molecule has 0 bridgehead atoms. The van der Waals surface area contributed by atoms with Crippen molar-refractivity contribution in [2.24, 2.45) is 10.3 Å². The fourth-order valence-corrected chi connectivity index (χ4v) is 3.63. The monoisotopic (exact) mass is 362 g/mol. The van der Waals surface area contributed by atoms with Crippen molar-refractivity contribution in [2.45, 2.75) is 45.8 Å². The van der Waals surface area contributed by atoms with Gasteiger partial charge in [0.1, 0.15) is 0 Å². The summed E-state index contributed by atoms with van der Waals surface area (Å²) in [5.41, 5.74) is 5.12. The average molecular weight is 362 g/mol. The summed E-state index contributed by atoms with van der Waals surface area (Å²) in [4.78, 5) is 27.1. The standard InChI is InChI=1S/C21H22N4O2/c1-4-15-7-9-17(10-8-15)25-20(26)18-19(21(25)27)24(23-22-18)12-16-11-13(2)5-6-14(16)3/h5-11,18-19H,4,12H2,1-3H3. The van der Waals surface area contributed by atoms with Crippen LogP contribution in [0.2, 0.25) is 0 Å². The number of hydrogen-bond acceptors (Lipinski definition) is 5. The van der Waals surface area contributed by atoms with Gasteiger partial charge in [-0.05, 0) is 49.1 Å². The topological polar surface area (TPSA) is 65.3 Å². The van der Waals surface area contributed by atoms with E-state index in [1.54, 1.807) is 5.01 Å². The van der Waals surface area contributed by atoms with Crippen molar-refractivity contribution in [1.82, 2.24) is 5.01 Å². The number of carbonyl (C=O) groups excluding carboxylic acids is 2. The lowest BCUT2D eigenvalue weighted by Crippen LogP contribution is -2.39. The third-order valence-electron chi connectivity index (χ3n) is 5.30. The van der Waals surface area contributed by atoms with E-state index < -0.39 is 12.1 Å². The SMILES string of the molecule is CCc1ccc(N2C(=O)C3N=NN(Cc4cc(C)ccc4C)C3C2=O)cc1. The first kappa shape index (κ1) is 17.4. The molecular formula is C21H22N4O2. The molecule has 2 aromatic rings. The van der Waals surface area contributed by atoms with Crippen LogP contribution < -0.4 is 4.90 Å². The largest absolute Gasteiger partial charge is 0.271 e. The van der Waals surface area contributed by atoms with E-state index in [2.05, 4.69) is 35.5 Å². The van der Waals surface area contributed by atoms with Gasteiger partial charge in [-0.25, -0.2) is 4.90 Å². The summed E-state index contributed by atoms with van der Waals surface area (Å²) in [5, 5.41) is 9.89. The third-order valence-corrected chi connectivity index (χ3v) is 5.30. The maximum Gasteiger partial charge on any atom is 0.263 e. The summed E-state index contributed by atoms with van der Waals surface area (Å²) < 4.78 is 0. The lowest BCUT2D eigenvalue weighted by atomic mass is 10.0. The molecule has 0 saturated carbocycles. The number of amides is 2. The molecule has 2 aliphatic rings. The highest BCUT2D eigenvalue weighted by Gasteiger charge is 2.54. The van der Waals surface area contributed by atoms with Crippen molar-refractivity contribution < 1.29 is 9.59 Å². The van der Waals surface area contributed by atoms with Crippen LogP contribution in [0, 0.1) is 13.8 Å². The van der Waals surface area contributed by atoms with Crippen molar-refractivity contribution in [3.8, 4) is 0 Å². The van der Waals surface area contributed by atoms with Gasteiger partial charge in [0.15, 0.2) is 12.1 Å². The molecule has 0 N–H and O–H groups in total. The molecule has 6 heteroatoms. The Labute approximate surface area is 158 Å². The molecule has 2 heterocycles. The van der Waals surface area contributed by atoms with Gasteiger partial charge in [-0.1, -0.05) is 48.0 Å². The van der Waals surface area contributed by atoms with Crippen molar-refractivity contribution in [3.05, 3.63) is 64.7 Å². The fourth-order valence-electron chi connectivity index (χ4n) is 3.63. The van der Waals surface area contributed by atoms with E-state index in [4.69, 9.17) is 0 Å². The molecule has 4 rings (SSSR count). The summed E-state index contributed by atoms with van der Waals surface area (Å²) >= 11 is 0. The number of imide groups is 1. The second kappa shape index (κ2) is 6.61. The van der Waals surface area contributed by atoms with Crippen LogP contribution in [0.4, 0.5) is 5.69 Å². The molecule has 0 spiro atoms. The Morgan fingerprint density at radius 3 is 2.44 bits per heavy atom. The predicted octanol–water partition coefficient (Wildman–Crippen LogP) is 3.36. The molecule has 2 aromatic carbocycles. The van der Waals surface area contributed by atoms with Crippen LogP contribution in [0.1, 0.15) is 29.2 Å². The Morgan fingerprint density at radius 2 is 1.74 bits per heavy atom. The van der Waals surface area contributed by atoms with Crippen LogP contribution in [0.15, 0.2) is 52.8 Å². The molecule has 2 atom stereocenters. The number of anilines is 1. The van der Waals surface area contributed by atoms with E-state index in [0.717, 1.165) is 28.7 Å². The summed E-state index contributed by atoms with van der Waals surface area (Å²) in [6.07, 6.45) is 0.908. The first-order chi connectivity index (χ1) is 13.0. The Morgan fingerprint density at radius 1 is 1.00 bits per heavy atom.